The van der Waals surface area contributed by atoms with Crippen LogP contribution in [0.3, 0.4) is 0 Å². The molecule has 0 heterocycles. The van der Waals surface area contributed by atoms with E-state index in [1.807, 2.05) is 0 Å². The maximum absolute atomic E-state index is 12.2. The lowest BCUT2D eigenvalue weighted by Crippen LogP contribution is -2.27. The second-order valence-electron chi connectivity index (χ2n) is 4.03. The number of hydrogen-bond donors (Lipinski definition) is 2. The Balaban J connectivity index is 3.03. The molecule has 0 aliphatic heterocycles. The van der Waals surface area contributed by atoms with Crippen LogP contribution in [0.4, 0.5) is 0 Å². The summed E-state index contributed by atoms with van der Waals surface area (Å²) in [6.07, 6.45) is 1.33. The number of carbonyl (C=O) groups excluding carboxylic acids is 1. The summed E-state index contributed by atoms with van der Waals surface area (Å²) in [6.45, 7) is 0.735. The van der Waals surface area contributed by atoms with Crippen molar-refractivity contribution >= 4 is 27.6 Å². The van der Waals surface area contributed by atoms with Crippen molar-refractivity contribution in [2.45, 2.75) is 17.7 Å². The van der Waals surface area contributed by atoms with E-state index in [4.69, 9.17) is 17.3 Å². The van der Waals surface area contributed by atoms with Gasteiger partial charge >= 0.3 is 5.97 Å². The molecule has 8 heteroatoms. The monoisotopic (exact) mass is 320 g/mol. The van der Waals surface area contributed by atoms with Gasteiger partial charge in [0.15, 0.2) is 0 Å². The molecule has 1 rings (SSSR count). The number of ether oxygens (including phenoxy) is 1. The first-order chi connectivity index (χ1) is 9.42. The molecule has 0 radical (unpaired) electrons. The summed E-state index contributed by atoms with van der Waals surface area (Å²) < 4.78 is 31.3. The topological polar surface area (TPSA) is 98.5 Å². The molecule has 0 amide bonds. The van der Waals surface area contributed by atoms with Gasteiger partial charge in [0.25, 0.3) is 0 Å². The van der Waals surface area contributed by atoms with Crippen LogP contribution < -0.4 is 10.5 Å². The third-order valence-corrected chi connectivity index (χ3v) is 4.30. The van der Waals surface area contributed by atoms with E-state index in [-0.39, 0.29) is 22.0 Å². The lowest BCUT2D eigenvalue weighted by Gasteiger charge is -2.10. The Labute approximate surface area is 123 Å². The van der Waals surface area contributed by atoms with E-state index in [1.54, 1.807) is 0 Å². The number of methoxy groups -OCH3 is 1. The lowest BCUT2D eigenvalue weighted by atomic mass is 10.2. The van der Waals surface area contributed by atoms with E-state index in [2.05, 4.69) is 9.46 Å². The molecule has 1 aromatic rings. The fraction of sp³-hybridized carbons (Fsp3) is 0.417. The van der Waals surface area contributed by atoms with Crippen LogP contribution in [0.5, 0.6) is 0 Å². The van der Waals surface area contributed by atoms with E-state index in [9.17, 15) is 13.2 Å². The Bertz CT molecular complexity index is 575. The summed E-state index contributed by atoms with van der Waals surface area (Å²) in [5.74, 6) is -0.732. The fourth-order valence-electron chi connectivity index (χ4n) is 1.55. The van der Waals surface area contributed by atoms with Crippen LogP contribution in [0, 0.1) is 0 Å². The maximum atomic E-state index is 12.2. The summed E-state index contributed by atoms with van der Waals surface area (Å²) in [7, 11) is -2.64. The first kappa shape index (κ1) is 16.9. The van der Waals surface area contributed by atoms with Gasteiger partial charge in [0.2, 0.25) is 10.0 Å². The van der Waals surface area contributed by atoms with Gasteiger partial charge in [-0.25, -0.2) is 17.9 Å². The summed E-state index contributed by atoms with van der Waals surface area (Å²) >= 11 is 5.79. The van der Waals surface area contributed by atoms with Crippen molar-refractivity contribution in [3.63, 3.8) is 0 Å². The number of esters is 1. The summed E-state index contributed by atoms with van der Waals surface area (Å²) in [5, 5.41) is 0.222. The second-order valence-corrected chi connectivity index (χ2v) is 6.20. The van der Waals surface area contributed by atoms with Gasteiger partial charge in [-0.3, -0.25) is 0 Å². The molecular weight excluding hydrogens is 304 g/mol. The molecule has 0 bridgehead atoms. The minimum atomic E-state index is -3.83. The van der Waals surface area contributed by atoms with Crippen molar-refractivity contribution in [3.05, 3.63) is 28.8 Å². The summed E-state index contributed by atoms with van der Waals surface area (Å²) in [4.78, 5) is 11.4. The number of hydrogen-bond acceptors (Lipinski definition) is 5. The van der Waals surface area contributed by atoms with Gasteiger partial charge in [0.1, 0.15) is 0 Å². The van der Waals surface area contributed by atoms with E-state index < -0.39 is 16.0 Å². The zero-order valence-electron chi connectivity index (χ0n) is 11.1. The van der Waals surface area contributed by atoms with Crippen LogP contribution in [0.15, 0.2) is 23.1 Å². The summed E-state index contributed by atoms with van der Waals surface area (Å²) in [5.41, 5.74) is 5.28. The van der Waals surface area contributed by atoms with Gasteiger partial charge in [0.05, 0.1) is 17.6 Å². The number of carbonyl (C=O) groups is 1. The molecule has 0 atom stereocenters. The number of halogens is 1. The Morgan fingerprint density at radius 3 is 2.70 bits per heavy atom. The molecule has 112 valence electrons. The fourth-order valence-corrected chi connectivity index (χ4v) is 3.08. The predicted molar refractivity (Wildman–Crippen MR) is 76.3 cm³/mol. The number of sulfonamides is 1. The third-order valence-electron chi connectivity index (χ3n) is 2.56. The highest BCUT2D eigenvalue weighted by molar-refractivity contribution is 7.89. The molecule has 0 fully saturated rings. The maximum Gasteiger partial charge on any atom is 0.339 e. The molecule has 0 aromatic heterocycles. The van der Waals surface area contributed by atoms with Gasteiger partial charge in [-0.15, -0.1) is 0 Å². The first-order valence-electron chi connectivity index (χ1n) is 6.00. The van der Waals surface area contributed by atoms with Gasteiger partial charge in [0, 0.05) is 11.6 Å². The Hall–Kier alpha value is -1.15. The van der Waals surface area contributed by atoms with E-state index in [0.29, 0.717) is 19.4 Å². The number of nitrogens with two attached hydrogens (primary N) is 1. The van der Waals surface area contributed by atoms with Crippen LogP contribution in [0.2, 0.25) is 5.02 Å². The van der Waals surface area contributed by atoms with Gasteiger partial charge in [-0.1, -0.05) is 11.6 Å². The quantitative estimate of drug-likeness (QED) is 0.580. The van der Waals surface area contributed by atoms with E-state index in [0.717, 1.165) is 0 Å². The molecule has 0 spiro atoms. The standard InChI is InChI=1S/C12H17ClN2O4S/c1-19-12(16)10-5-4-9(13)8-11(10)20(17,18)15-7-3-2-6-14/h4-5,8,15H,2-3,6-7,14H2,1H3. The molecular formula is C12H17ClN2O4S. The number of unbranched alkanes of at least 4 members (excludes halogenated alkanes) is 1. The first-order valence-corrected chi connectivity index (χ1v) is 7.86. The third kappa shape index (κ3) is 4.45. The minimum Gasteiger partial charge on any atom is -0.465 e. The average molecular weight is 321 g/mol. The van der Waals surface area contributed by atoms with Crippen LogP contribution in [0.25, 0.3) is 0 Å². The molecule has 20 heavy (non-hydrogen) atoms. The summed E-state index contributed by atoms with van der Waals surface area (Å²) in [6, 6.07) is 3.98. The number of rotatable bonds is 7. The predicted octanol–water partition coefficient (Wildman–Crippen LogP) is 1.14. The molecule has 0 saturated carbocycles. The molecule has 0 aliphatic carbocycles. The second kappa shape index (κ2) is 7.58. The van der Waals surface area contributed by atoms with Crippen LogP contribution in [-0.2, 0) is 14.8 Å². The molecule has 0 saturated heterocycles. The highest BCUT2D eigenvalue weighted by Gasteiger charge is 2.23. The molecule has 1 aromatic carbocycles. The largest absolute Gasteiger partial charge is 0.465 e. The lowest BCUT2D eigenvalue weighted by molar-refractivity contribution is 0.0596. The normalized spacial score (nSPS) is 11.3. The smallest absolute Gasteiger partial charge is 0.339 e. The average Bonchev–Trinajstić information content (AvgIpc) is 2.42. The number of benzene rings is 1. The number of nitrogens with one attached hydrogen (secondary N) is 1. The van der Waals surface area contributed by atoms with Crippen molar-refractivity contribution in [1.29, 1.82) is 0 Å². The van der Waals surface area contributed by atoms with Crippen molar-refractivity contribution < 1.29 is 17.9 Å². The molecule has 3 N–H and O–H groups in total. The minimum absolute atomic E-state index is 0.0526. The van der Waals surface area contributed by atoms with E-state index in [1.165, 1.54) is 25.3 Å². The Kier molecular flexibility index (Phi) is 6.41. The SMILES string of the molecule is COC(=O)c1ccc(Cl)cc1S(=O)(=O)NCCCCN. The van der Waals surface area contributed by atoms with Crippen molar-refractivity contribution in [1.82, 2.24) is 4.72 Å². The van der Waals surface area contributed by atoms with Gasteiger partial charge in [-0.2, -0.15) is 0 Å². The highest BCUT2D eigenvalue weighted by atomic mass is 35.5. The van der Waals surface area contributed by atoms with Gasteiger partial charge < -0.3 is 10.5 Å². The zero-order chi connectivity index (χ0) is 15.2. The molecule has 0 aliphatic rings. The van der Waals surface area contributed by atoms with Gasteiger partial charge in [-0.05, 0) is 37.6 Å². The van der Waals surface area contributed by atoms with Crippen LogP contribution in [-0.4, -0.2) is 34.6 Å². The highest BCUT2D eigenvalue weighted by Crippen LogP contribution is 2.21. The van der Waals surface area contributed by atoms with Crippen LogP contribution in [0.1, 0.15) is 23.2 Å². The van der Waals surface area contributed by atoms with Crippen molar-refractivity contribution in [2.75, 3.05) is 20.2 Å². The Morgan fingerprint density at radius 2 is 2.10 bits per heavy atom. The van der Waals surface area contributed by atoms with E-state index >= 15 is 0 Å². The van der Waals surface area contributed by atoms with Crippen molar-refractivity contribution in [3.8, 4) is 0 Å². The molecule has 6 nitrogen and oxygen atoms in total. The van der Waals surface area contributed by atoms with Crippen molar-refractivity contribution in [2.24, 2.45) is 5.73 Å². The molecule has 0 unspecified atom stereocenters. The zero-order valence-corrected chi connectivity index (χ0v) is 12.6. The van der Waals surface area contributed by atoms with Crippen LogP contribution >= 0.6 is 11.6 Å². The Morgan fingerprint density at radius 1 is 1.40 bits per heavy atom.